The Bertz CT molecular complexity index is 646. The summed E-state index contributed by atoms with van der Waals surface area (Å²) < 4.78 is 6.96. The SMILES string of the molecule is CCOc1ccc(-c2nnnn2CC2(C(=O)O)CC2)cc1. The van der Waals surface area contributed by atoms with Crippen LogP contribution >= 0.6 is 0 Å². The molecule has 0 unspecified atom stereocenters. The molecular weight excluding hydrogens is 272 g/mol. The fourth-order valence-electron chi connectivity index (χ4n) is 2.26. The van der Waals surface area contributed by atoms with Crippen LogP contribution in [0.5, 0.6) is 5.75 Å². The van der Waals surface area contributed by atoms with E-state index in [9.17, 15) is 9.90 Å². The van der Waals surface area contributed by atoms with Gasteiger partial charge in [0, 0.05) is 5.56 Å². The molecule has 21 heavy (non-hydrogen) atoms. The van der Waals surface area contributed by atoms with E-state index in [-0.39, 0.29) is 0 Å². The van der Waals surface area contributed by atoms with Gasteiger partial charge in [-0.2, -0.15) is 0 Å². The minimum absolute atomic E-state index is 0.303. The maximum Gasteiger partial charge on any atom is 0.311 e. The minimum Gasteiger partial charge on any atom is -0.494 e. The summed E-state index contributed by atoms with van der Waals surface area (Å²) in [5.41, 5.74) is 0.139. The Morgan fingerprint density at radius 2 is 2.10 bits per heavy atom. The van der Waals surface area contributed by atoms with Crippen molar-refractivity contribution >= 4 is 5.97 Å². The van der Waals surface area contributed by atoms with Crippen molar-refractivity contribution in [3.8, 4) is 17.1 Å². The number of rotatable bonds is 6. The second kappa shape index (κ2) is 5.16. The van der Waals surface area contributed by atoms with Gasteiger partial charge in [-0.25, -0.2) is 4.68 Å². The van der Waals surface area contributed by atoms with Gasteiger partial charge in [-0.15, -0.1) is 5.10 Å². The molecule has 1 fully saturated rings. The van der Waals surface area contributed by atoms with Gasteiger partial charge in [-0.1, -0.05) is 0 Å². The van der Waals surface area contributed by atoms with Crippen molar-refractivity contribution in [1.82, 2.24) is 20.2 Å². The summed E-state index contributed by atoms with van der Waals surface area (Å²) in [6, 6.07) is 7.44. The van der Waals surface area contributed by atoms with Crippen LogP contribution in [0.25, 0.3) is 11.4 Å². The number of nitrogens with zero attached hydrogens (tertiary/aromatic N) is 4. The van der Waals surface area contributed by atoms with Crippen LogP contribution in [0.1, 0.15) is 19.8 Å². The molecule has 0 spiro atoms. The lowest BCUT2D eigenvalue weighted by Crippen LogP contribution is -2.22. The van der Waals surface area contributed by atoms with Crippen LogP contribution in [0, 0.1) is 5.41 Å². The average molecular weight is 288 g/mol. The maximum absolute atomic E-state index is 11.3. The lowest BCUT2D eigenvalue weighted by Gasteiger charge is -2.11. The number of aromatic nitrogens is 4. The van der Waals surface area contributed by atoms with Crippen LogP contribution in [0.15, 0.2) is 24.3 Å². The van der Waals surface area contributed by atoms with Gasteiger partial charge in [0.05, 0.1) is 18.6 Å². The zero-order valence-electron chi connectivity index (χ0n) is 11.7. The average Bonchev–Trinajstić information content (AvgIpc) is 3.12. The zero-order valence-corrected chi connectivity index (χ0v) is 11.7. The number of benzene rings is 1. The van der Waals surface area contributed by atoms with Crippen molar-refractivity contribution in [3.63, 3.8) is 0 Å². The molecule has 1 N–H and O–H groups in total. The van der Waals surface area contributed by atoms with Gasteiger partial charge >= 0.3 is 5.97 Å². The Morgan fingerprint density at radius 3 is 2.67 bits per heavy atom. The van der Waals surface area contributed by atoms with Gasteiger partial charge in [0.2, 0.25) is 0 Å². The molecule has 0 aliphatic heterocycles. The van der Waals surface area contributed by atoms with Crippen LogP contribution in [0.3, 0.4) is 0 Å². The molecule has 0 saturated heterocycles. The summed E-state index contributed by atoms with van der Waals surface area (Å²) >= 11 is 0. The van der Waals surface area contributed by atoms with Gasteiger partial charge in [-0.05, 0) is 54.5 Å². The molecule has 1 aliphatic carbocycles. The van der Waals surface area contributed by atoms with Gasteiger partial charge < -0.3 is 9.84 Å². The Kier molecular flexibility index (Phi) is 3.32. The van der Waals surface area contributed by atoms with Crippen LogP contribution in [-0.2, 0) is 11.3 Å². The number of hydrogen-bond acceptors (Lipinski definition) is 5. The molecule has 0 atom stereocenters. The summed E-state index contributed by atoms with van der Waals surface area (Å²) in [5.74, 6) is 0.575. The van der Waals surface area contributed by atoms with Crippen molar-refractivity contribution in [2.45, 2.75) is 26.3 Å². The summed E-state index contributed by atoms with van der Waals surface area (Å²) in [7, 11) is 0. The number of carboxylic acid groups (broad SMARTS) is 1. The Morgan fingerprint density at radius 1 is 1.38 bits per heavy atom. The number of hydrogen-bond donors (Lipinski definition) is 1. The van der Waals surface area contributed by atoms with E-state index < -0.39 is 11.4 Å². The van der Waals surface area contributed by atoms with Gasteiger partial charge in [0.15, 0.2) is 5.82 Å². The van der Waals surface area contributed by atoms with E-state index >= 15 is 0 Å². The minimum atomic E-state index is -0.782. The first kappa shape index (κ1) is 13.5. The highest BCUT2D eigenvalue weighted by atomic mass is 16.5. The van der Waals surface area contributed by atoms with Crippen molar-refractivity contribution < 1.29 is 14.6 Å². The monoisotopic (exact) mass is 288 g/mol. The zero-order chi connectivity index (χ0) is 14.9. The third-order valence-electron chi connectivity index (χ3n) is 3.72. The topological polar surface area (TPSA) is 90.1 Å². The number of carboxylic acids is 1. The molecule has 2 aromatic rings. The number of carbonyl (C=O) groups is 1. The predicted molar refractivity (Wildman–Crippen MR) is 73.7 cm³/mol. The van der Waals surface area contributed by atoms with Gasteiger partial charge in [0.1, 0.15) is 5.75 Å². The normalized spacial score (nSPS) is 15.7. The molecule has 1 heterocycles. The predicted octanol–water partition coefficient (Wildman–Crippen LogP) is 1.60. The van der Waals surface area contributed by atoms with Gasteiger partial charge in [0.25, 0.3) is 0 Å². The molecule has 7 heteroatoms. The first-order chi connectivity index (χ1) is 10.1. The molecule has 0 bridgehead atoms. The standard InChI is InChI=1S/C14H16N4O3/c1-2-21-11-5-3-10(4-6-11)12-15-16-17-18(12)9-14(7-8-14)13(19)20/h3-6H,2,7-9H2,1H3,(H,19,20). The molecule has 1 aromatic heterocycles. The highest BCUT2D eigenvalue weighted by Crippen LogP contribution is 2.47. The molecule has 1 aliphatic rings. The summed E-state index contributed by atoms with van der Waals surface area (Å²) in [6.45, 7) is 2.84. The Balaban J connectivity index is 1.83. The van der Waals surface area contributed by atoms with Crippen LogP contribution < -0.4 is 4.74 Å². The second-order valence-electron chi connectivity index (χ2n) is 5.20. The van der Waals surface area contributed by atoms with Crippen LogP contribution in [-0.4, -0.2) is 37.9 Å². The van der Waals surface area contributed by atoms with E-state index in [1.807, 2.05) is 31.2 Å². The first-order valence-corrected chi connectivity index (χ1v) is 6.87. The lowest BCUT2D eigenvalue weighted by atomic mass is 10.1. The fourth-order valence-corrected chi connectivity index (χ4v) is 2.26. The highest BCUT2D eigenvalue weighted by Gasteiger charge is 2.51. The van der Waals surface area contributed by atoms with E-state index in [1.165, 1.54) is 0 Å². The van der Waals surface area contributed by atoms with E-state index in [0.717, 1.165) is 11.3 Å². The van der Waals surface area contributed by atoms with E-state index in [2.05, 4.69) is 15.5 Å². The molecule has 1 saturated carbocycles. The quantitative estimate of drug-likeness (QED) is 0.868. The van der Waals surface area contributed by atoms with Crippen molar-refractivity contribution in [3.05, 3.63) is 24.3 Å². The van der Waals surface area contributed by atoms with Crippen LogP contribution in [0.2, 0.25) is 0 Å². The lowest BCUT2D eigenvalue weighted by molar-refractivity contribution is -0.144. The van der Waals surface area contributed by atoms with E-state index in [4.69, 9.17) is 4.74 Å². The smallest absolute Gasteiger partial charge is 0.311 e. The molecule has 110 valence electrons. The third kappa shape index (κ3) is 2.58. The molecule has 3 rings (SSSR count). The highest BCUT2D eigenvalue weighted by molar-refractivity contribution is 5.77. The molecular formula is C14H16N4O3. The summed E-state index contributed by atoms with van der Waals surface area (Å²) in [5, 5.41) is 20.8. The first-order valence-electron chi connectivity index (χ1n) is 6.87. The molecule has 0 amide bonds. The van der Waals surface area contributed by atoms with Gasteiger partial charge in [-0.3, -0.25) is 4.79 Å². The van der Waals surface area contributed by atoms with Crippen LogP contribution in [0.4, 0.5) is 0 Å². The largest absolute Gasteiger partial charge is 0.494 e. The summed E-state index contributed by atoms with van der Waals surface area (Å²) in [4.78, 5) is 11.3. The van der Waals surface area contributed by atoms with E-state index in [0.29, 0.717) is 31.8 Å². The van der Waals surface area contributed by atoms with E-state index in [1.54, 1.807) is 4.68 Å². The Hall–Kier alpha value is -2.44. The summed E-state index contributed by atoms with van der Waals surface area (Å²) in [6.07, 6.45) is 1.34. The third-order valence-corrected chi connectivity index (χ3v) is 3.72. The van der Waals surface area contributed by atoms with Crippen molar-refractivity contribution in [1.29, 1.82) is 0 Å². The maximum atomic E-state index is 11.3. The molecule has 0 radical (unpaired) electrons. The Labute approximate surface area is 121 Å². The molecule has 7 nitrogen and oxygen atoms in total. The number of ether oxygens (including phenoxy) is 1. The number of aliphatic carboxylic acids is 1. The molecule has 1 aromatic carbocycles. The number of tetrazole rings is 1. The van der Waals surface area contributed by atoms with Crippen molar-refractivity contribution in [2.75, 3.05) is 6.61 Å². The van der Waals surface area contributed by atoms with Crippen molar-refractivity contribution in [2.24, 2.45) is 5.41 Å². The fraction of sp³-hybridized carbons (Fsp3) is 0.429. The second-order valence-corrected chi connectivity index (χ2v) is 5.20.